The third-order valence-corrected chi connectivity index (χ3v) is 1.95. The van der Waals surface area contributed by atoms with Crippen molar-refractivity contribution in [2.45, 2.75) is 26.4 Å². The zero-order valence-corrected chi connectivity index (χ0v) is 10.8. The molecule has 0 fully saturated rings. The van der Waals surface area contributed by atoms with E-state index in [1.165, 1.54) is 0 Å². The summed E-state index contributed by atoms with van der Waals surface area (Å²) in [7, 11) is 0. The van der Waals surface area contributed by atoms with Crippen LogP contribution in [0.4, 0.5) is 5.69 Å². The van der Waals surface area contributed by atoms with Crippen LogP contribution in [0.5, 0.6) is 0 Å². The lowest BCUT2D eigenvalue weighted by atomic mass is 10.2. The standard InChI is InChI=1S/C10H12ClN3O4/c1-10(2,3)18-13-9(15)6-4-8(11)12-5-7(6)14(16)17/h4-5H,1-3H3,(H,13,15). The van der Waals surface area contributed by atoms with Crippen LogP contribution in [0.2, 0.25) is 5.15 Å². The largest absolute Gasteiger partial charge is 0.300 e. The number of nitrogens with zero attached hydrogens (tertiary/aromatic N) is 2. The molecule has 1 N–H and O–H groups in total. The van der Waals surface area contributed by atoms with Crippen molar-refractivity contribution in [2.24, 2.45) is 0 Å². The first-order valence-electron chi connectivity index (χ1n) is 4.99. The van der Waals surface area contributed by atoms with Gasteiger partial charge in [0.05, 0.1) is 10.5 Å². The van der Waals surface area contributed by atoms with Crippen molar-refractivity contribution in [1.29, 1.82) is 0 Å². The number of nitro groups is 1. The zero-order valence-electron chi connectivity index (χ0n) is 10.1. The number of halogens is 1. The average molecular weight is 274 g/mol. The second-order valence-electron chi connectivity index (χ2n) is 4.43. The molecular formula is C10H12ClN3O4. The summed E-state index contributed by atoms with van der Waals surface area (Å²) >= 11 is 5.60. The van der Waals surface area contributed by atoms with Crippen LogP contribution in [0, 0.1) is 10.1 Å². The number of hydroxylamine groups is 1. The number of amides is 1. The summed E-state index contributed by atoms with van der Waals surface area (Å²) in [6.45, 7) is 5.17. The van der Waals surface area contributed by atoms with E-state index in [2.05, 4.69) is 10.5 Å². The summed E-state index contributed by atoms with van der Waals surface area (Å²) in [5, 5.41) is 10.7. The van der Waals surface area contributed by atoms with E-state index in [0.717, 1.165) is 12.3 Å². The van der Waals surface area contributed by atoms with E-state index in [1.807, 2.05) is 0 Å². The van der Waals surface area contributed by atoms with Gasteiger partial charge >= 0.3 is 0 Å². The van der Waals surface area contributed by atoms with Gasteiger partial charge in [0.2, 0.25) is 0 Å². The van der Waals surface area contributed by atoms with Crippen LogP contribution >= 0.6 is 11.6 Å². The summed E-state index contributed by atoms with van der Waals surface area (Å²) in [4.78, 5) is 30.4. The van der Waals surface area contributed by atoms with Gasteiger partial charge in [0.1, 0.15) is 16.9 Å². The highest BCUT2D eigenvalue weighted by molar-refractivity contribution is 6.29. The maximum atomic E-state index is 11.7. The number of aromatic nitrogens is 1. The first-order chi connectivity index (χ1) is 8.20. The molecule has 0 aliphatic heterocycles. The van der Waals surface area contributed by atoms with Crippen LogP contribution in [0.1, 0.15) is 31.1 Å². The summed E-state index contributed by atoms with van der Waals surface area (Å²) in [5.41, 5.74) is 0.882. The summed E-state index contributed by atoms with van der Waals surface area (Å²) < 4.78 is 0. The Morgan fingerprint density at radius 2 is 2.17 bits per heavy atom. The molecule has 0 saturated heterocycles. The first-order valence-corrected chi connectivity index (χ1v) is 5.37. The molecule has 0 aromatic carbocycles. The van der Waals surface area contributed by atoms with Gasteiger partial charge in [-0.3, -0.25) is 19.7 Å². The summed E-state index contributed by atoms with van der Waals surface area (Å²) in [6, 6.07) is 1.11. The lowest BCUT2D eigenvalue weighted by molar-refractivity contribution is -0.385. The number of hydrogen-bond acceptors (Lipinski definition) is 5. The van der Waals surface area contributed by atoms with Crippen molar-refractivity contribution in [2.75, 3.05) is 0 Å². The molecule has 0 unspecified atom stereocenters. The van der Waals surface area contributed by atoms with Crippen molar-refractivity contribution in [3.05, 3.63) is 33.1 Å². The molecular weight excluding hydrogens is 262 g/mol. The lowest BCUT2D eigenvalue weighted by Crippen LogP contribution is -2.33. The number of carbonyl (C=O) groups excluding carboxylic acids is 1. The molecule has 7 nitrogen and oxygen atoms in total. The molecule has 1 rings (SSSR count). The minimum absolute atomic E-state index is 0.0125. The maximum absolute atomic E-state index is 11.7. The molecule has 1 amide bonds. The second-order valence-corrected chi connectivity index (χ2v) is 4.81. The molecule has 0 atom stereocenters. The van der Waals surface area contributed by atoms with Gasteiger partial charge in [-0.25, -0.2) is 10.5 Å². The molecule has 0 bridgehead atoms. The monoisotopic (exact) mass is 273 g/mol. The average Bonchev–Trinajstić information content (AvgIpc) is 2.24. The Kier molecular flexibility index (Phi) is 4.20. The highest BCUT2D eigenvalue weighted by Gasteiger charge is 2.23. The van der Waals surface area contributed by atoms with Crippen LogP contribution in [0.15, 0.2) is 12.3 Å². The van der Waals surface area contributed by atoms with E-state index in [0.29, 0.717) is 0 Å². The fourth-order valence-corrected chi connectivity index (χ4v) is 1.16. The molecule has 1 aromatic heterocycles. The molecule has 98 valence electrons. The van der Waals surface area contributed by atoms with Crippen LogP contribution in [0.3, 0.4) is 0 Å². The maximum Gasteiger partial charge on any atom is 0.300 e. The number of rotatable bonds is 3. The van der Waals surface area contributed by atoms with Gasteiger partial charge in [-0.2, -0.15) is 0 Å². The normalized spacial score (nSPS) is 11.1. The minimum Gasteiger partial charge on any atom is -0.268 e. The Hall–Kier alpha value is -1.73. The Morgan fingerprint density at radius 3 is 2.67 bits per heavy atom. The zero-order chi connectivity index (χ0) is 13.9. The van der Waals surface area contributed by atoms with Crippen molar-refractivity contribution >= 4 is 23.2 Å². The van der Waals surface area contributed by atoms with Gasteiger partial charge in [-0.1, -0.05) is 11.6 Å². The third-order valence-electron chi connectivity index (χ3n) is 1.74. The molecule has 0 radical (unpaired) electrons. The van der Waals surface area contributed by atoms with E-state index < -0.39 is 22.1 Å². The molecule has 1 aromatic rings. The predicted molar refractivity (Wildman–Crippen MR) is 64.2 cm³/mol. The smallest absolute Gasteiger partial charge is 0.268 e. The van der Waals surface area contributed by atoms with Gasteiger partial charge in [0.25, 0.3) is 11.6 Å². The SMILES string of the molecule is CC(C)(C)ONC(=O)c1cc(Cl)ncc1[N+](=O)[O-]. The Bertz CT molecular complexity index is 485. The number of carbonyl (C=O) groups is 1. The Morgan fingerprint density at radius 1 is 1.56 bits per heavy atom. The molecule has 0 spiro atoms. The summed E-state index contributed by atoms with van der Waals surface area (Å²) in [5.74, 6) is -0.749. The number of nitrogens with one attached hydrogen (secondary N) is 1. The van der Waals surface area contributed by atoms with Crippen LogP contribution < -0.4 is 5.48 Å². The quantitative estimate of drug-likeness (QED) is 0.517. The fourth-order valence-electron chi connectivity index (χ4n) is 1.00. The second kappa shape index (κ2) is 5.28. The van der Waals surface area contributed by atoms with Crippen molar-refractivity contribution in [3.63, 3.8) is 0 Å². The topological polar surface area (TPSA) is 94.4 Å². The molecule has 8 heteroatoms. The molecule has 1 heterocycles. The number of hydrogen-bond donors (Lipinski definition) is 1. The van der Waals surface area contributed by atoms with Crippen LogP contribution in [-0.4, -0.2) is 21.4 Å². The molecule has 0 aliphatic carbocycles. The van der Waals surface area contributed by atoms with E-state index in [1.54, 1.807) is 20.8 Å². The van der Waals surface area contributed by atoms with Gasteiger partial charge < -0.3 is 0 Å². The van der Waals surface area contributed by atoms with Gasteiger partial charge in [-0.05, 0) is 26.8 Å². The molecule has 0 aliphatic rings. The van der Waals surface area contributed by atoms with E-state index in [-0.39, 0.29) is 10.7 Å². The van der Waals surface area contributed by atoms with Gasteiger partial charge in [0, 0.05) is 0 Å². The Balaban J connectivity index is 2.97. The molecule has 0 saturated carbocycles. The minimum atomic E-state index is -0.749. The van der Waals surface area contributed by atoms with Crippen LogP contribution in [-0.2, 0) is 4.84 Å². The lowest BCUT2D eigenvalue weighted by Gasteiger charge is -2.18. The van der Waals surface area contributed by atoms with Gasteiger partial charge in [-0.15, -0.1) is 0 Å². The Labute approximate surface area is 108 Å². The van der Waals surface area contributed by atoms with Crippen molar-refractivity contribution in [1.82, 2.24) is 10.5 Å². The van der Waals surface area contributed by atoms with Crippen molar-refractivity contribution < 1.29 is 14.6 Å². The van der Waals surface area contributed by atoms with E-state index in [9.17, 15) is 14.9 Å². The fraction of sp³-hybridized carbons (Fsp3) is 0.400. The highest BCUT2D eigenvalue weighted by atomic mass is 35.5. The van der Waals surface area contributed by atoms with Crippen molar-refractivity contribution in [3.8, 4) is 0 Å². The number of pyridine rings is 1. The van der Waals surface area contributed by atoms with E-state index >= 15 is 0 Å². The highest BCUT2D eigenvalue weighted by Crippen LogP contribution is 2.20. The van der Waals surface area contributed by atoms with Gasteiger partial charge in [0.15, 0.2) is 0 Å². The van der Waals surface area contributed by atoms with Crippen LogP contribution in [0.25, 0.3) is 0 Å². The predicted octanol–water partition coefficient (Wildman–Crippen LogP) is 2.10. The molecule has 18 heavy (non-hydrogen) atoms. The third kappa shape index (κ3) is 3.94. The first kappa shape index (κ1) is 14.3. The van der Waals surface area contributed by atoms with E-state index in [4.69, 9.17) is 16.4 Å². The summed E-state index contributed by atoms with van der Waals surface area (Å²) in [6.07, 6.45) is 0.925.